The summed E-state index contributed by atoms with van der Waals surface area (Å²) in [5.74, 6) is 0. The lowest BCUT2D eigenvalue weighted by Gasteiger charge is -2.15. The molecule has 0 heterocycles. The normalized spacial score (nSPS) is 15.0. The smallest absolute Gasteiger partial charge is 0.0504 e. The Balaban J connectivity index is 2.11. The molecule has 0 bridgehead atoms. The van der Waals surface area contributed by atoms with Crippen molar-refractivity contribution in [1.29, 1.82) is 0 Å². The molecular weight excluding hydrogens is 300 g/mol. The van der Waals surface area contributed by atoms with Gasteiger partial charge in [-0.1, -0.05) is 60.2 Å². The first-order valence-electron chi connectivity index (χ1n) is 7.80. The van der Waals surface area contributed by atoms with Crippen LogP contribution in [0.15, 0.2) is 71.1 Å². The van der Waals surface area contributed by atoms with E-state index in [1.54, 1.807) is 6.26 Å². The maximum Gasteiger partial charge on any atom is 0.0504 e. The predicted molar refractivity (Wildman–Crippen MR) is 98.1 cm³/mol. The molecule has 0 amide bonds. The molecule has 4 rings (SSSR count). The van der Waals surface area contributed by atoms with Gasteiger partial charge in [-0.15, -0.1) is 0 Å². The second kappa shape index (κ2) is 5.47. The molecule has 1 unspecified atom stereocenters. The van der Waals surface area contributed by atoms with Gasteiger partial charge in [-0.2, -0.15) is 0 Å². The molecule has 0 radical (unpaired) electrons. The van der Waals surface area contributed by atoms with Crippen LogP contribution < -0.4 is 0 Å². The van der Waals surface area contributed by atoms with Crippen LogP contribution >= 0.6 is 0 Å². The summed E-state index contributed by atoms with van der Waals surface area (Å²) < 4.78 is 12.4. The van der Waals surface area contributed by atoms with Crippen molar-refractivity contribution in [3.63, 3.8) is 0 Å². The first-order valence-corrected chi connectivity index (χ1v) is 9.36. The lowest BCUT2D eigenvalue weighted by molar-refractivity contribution is 0.686. The molecule has 0 aliphatic heterocycles. The quantitative estimate of drug-likeness (QED) is 0.653. The Hall–Kier alpha value is -2.19. The maximum absolute atomic E-state index is 12.4. The van der Waals surface area contributed by atoms with Crippen molar-refractivity contribution in [2.24, 2.45) is 0 Å². The minimum atomic E-state index is -1.02. The highest BCUT2D eigenvalue weighted by Crippen LogP contribution is 2.42. The van der Waals surface area contributed by atoms with E-state index in [-0.39, 0.29) is 0 Å². The fourth-order valence-electron chi connectivity index (χ4n) is 3.62. The summed E-state index contributed by atoms with van der Waals surface area (Å²) >= 11 is 0. The van der Waals surface area contributed by atoms with Gasteiger partial charge in [0.1, 0.15) is 0 Å². The second-order valence-electron chi connectivity index (χ2n) is 6.10. The Kier molecular flexibility index (Phi) is 3.42. The number of hydrogen-bond donors (Lipinski definition) is 0. The van der Waals surface area contributed by atoms with Crippen LogP contribution in [-0.4, -0.2) is 10.5 Å². The van der Waals surface area contributed by atoms with Crippen molar-refractivity contribution >= 4 is 27.1 Å². The van der Waals surface area contributed by atoms with Gasteiger partial charge in [-0.3, -0.25) is 4.21 Å². The lowest BCUT2D eigenvalue weighted by atomic mass is 9.93. The van der Waals surface area contributed by atoms with Gasteiger partial charge in [0.15, 0.2) is 0 Å². The predicted octanol–water partition coefficient (Wildman–Crippen LogP) is 4.96. The largest absolute Gasteiger partial charge is 0.255 e. The number of hydrogen-bond acceptors (Lipinski definition) is 1. The Morgan fingerprint density at radius 1 is 0.913 bits per heavy atom. The molecule has 23 heavy (non-hydrogen) atoms. The fourth-order valence-corrected chi connectivity index (χ4v) is 4.38. The Morgan fingerprint density at radius 2 is 1.65 bits per heavy atom. The van der Waals surface area contributed by atoms with Crippen LogP contribution in [0.25, 0.3) is 16.3 Å². The topological polar surface area (TPSA) is 17.1 Å². The standard InChI is InChI=1S/C21H18OS/c1-14-13-16-8-4-6-10-18(16)20(14)21-17-9-5-3-7-15(17)11-12-19(21)23(2)22/h3-12H,13H2,1-2H3. The van der Waals surface area contributed by atoms with Gasteiger partial charge in [-0.25, -0.2) is 0 Å². The van der Waals surface area contributed by atoms with E-state index in [1.165, 1.54) is 33.0 Å². The number of rotatable bonds is 2. The summed E-state index contributed by atoms with van der Waals surface area (Å²) in [7, 11) is -1.02. The number of fused-ring (bicyclic) bond motifs is 2. The fraction of sp³-hybridized carbons (Fsp3) is 0.143. The third kappa shape index (κ3) is 2.25. The third-order valence-electron chi connectivity index (χ3n) is 4.62. The Bertz CT molecular complexity index is 982. The van der Waals surface area contributed by atoms with E-state index in [0.717, 1.165) is 16.9 Å². The van der Waals surface area contributed by atoms with Crippen molar-refractivity contribution < 1.29 is 4.21 Å². The van der Waals surface area contributed by atoms with Crippen LogP contribution in [0.2, 0.25) is 0 Å². The van der Waals surface area contributed by atoms with Crippen molar-refractivity contribution in [2.45, 2.75) is 18.2 Å². The summed E-state index contributed by atoms with van der Waals surface area (Å²) in [5.41, 5.74) is 6.41. The van der Waals surface area contributed by atoms with Crippen LogP contribution in [0.4, 0.5) is 0 Å². The van der Waals surface area contributed by atoms with Crippen molar-refractivity contribution in [3.05, 3.63) is 82.9 Å². The summed E-state index contributed by atoms with van der Waals surface area (Å²) in [4.78, 5) is 0.926. The van der Waals surface area contributed by atoms with Crippen molar-refractivity contribution in [3.8, 4) is 0 Å². The van der Waals surface area contributed by atoms with E-state index >= 15 is 0 Å². The molecule has 1 atom stereocenters. The molecule has 0 saturated carbocycles. The number of allylic oxidation sites excluding steroid dienone is 1. The summed E-state index contributed by atoms with van der Waals surface area (Å²) in [6.07, 6.45) is 2.74. The molecule has 1 aliphatic rings. The van der Waals surface area contributed by atoms with E-state index in [4.69, 9.17) is 0 Å². The first kappa shape index (κ1) is 14.4. The highest BCUT2D eigenvalue weighted by Gasteiger charge is 2.24. The minimum absolute atomic E-state index is 0.926. The molecule has 0 aromatic heterocycles. The SMILES string of the molecule is CC1=C(c2c(S(C)=O)ccc3ccccc23)c2ccccc2C1. The van der Waals surface area contributed by atoms with Crippen molar-refractivity contribution in [2.75, 3.05) is 6.26 Å². The van der Waals surface area contributed by atoms with Crippen LogP contribution in [0.1, 0.15) is 23.6 Å². The zero-order chi connectivity index (χ0) is 16.0. The zero-order valence-electron chi connectivity index (χ0n) is 13.3. The van der Waals surface area contributed by atoms with Gasteiger partial charge < -0.3 is 0 Å². The second-order valence-corrected chi connectivity index (χ2v) is 7.45. The molecule has 3 aromatic carbocycles. The molecule has 0 saturated heterocycles. The molecule has 3 aromatic rings. The van der Waals surface area contributed by atoms with Gasteiger partial charge in [0.2, 0.25) is 0 Å². The molecule has 0 N–H and O–H groups in total. The molecular formula is C21H18OS. The average molecular weight is 318 g/mol. The first-order chi connectivity index (χ1) is 11.2. The molecule has 1 aliphatic carbocycles. The Labute approximate surface area is 139 Å². The van der Waals surface area contributed by atoms with Gasteiger partial charge in [0, 0.05) is 16.7 Å². The molecule has 114 valence electrons. The Morgan fingerprint density at radius 3 is 2.48 bits per heavy atom. The van der Waals surface area contributed by atoms with Crippen LogP contribution in [0, 0.1) is 0 Å². The molecule has 0 fully saturated rings. The third-order valence-corrected chi connectivity index (χ3v) is 5.58. The molecule has 0 spiro atoms. The van der Waals surface area contributed by atoms with Gasteiger partial charge >= 0.3 is 0 Å². The molecule has 1 nitrogen and oxygen atoms in total. The van der Waals surface area contributed by atoms with Gasteiger partial charge in [0.25, 0.3) is 0 Å². The summed E-state index contributed by atoms with van der Waals surface area (Å²) in [6.45, 7) is 2.19. The van der Waals surface area contributed by atoms with Crippen LogP contribution in [0.5, 0.6) is 0 Å². The van der Waals surface area contributed by atoms with Crippen LogP contribution in [-0.2, 0) is 17.2 Å². The van der Waals surface area contributed by atoms with E-state index in [2.05, 4.69) is 61.5 Å². The minimum Gasteiger partial charge on any atom is -0.255 e. The zero-order valence-corrected chi connectivity index (χ0v) is 14.1. The highest BCUT2D eigenvalue weighted by atomic mass is 32.2. The van der Waals surface area contributed by atoms with Gasteiger partial charge in [-0.05, 0) is 46.9 Å². The molecule has 2 heteroatoms. The van der Waals surface area contributed by atoms with E-state index in [9.17, 15) is 4.21 Å². The maximum atomic E-state index is 12.4. The lowest BCUT2D eigenvalue weighted by Crippen LogP contribution is -1.98. The average Bonchev–Trinajstić information content (AvgIpc) is 2.89. The highest BCUT2D eigenvalue weighted by molar-refractivity contribution is 7.84. The number of benzene rings is 3. The van der Waals surface area contributed by atoms with Gasteiger partial charge in [0.05, 0.1) is 10.8 Å². The van der Waals surface area contributed by atoms with Crippen LogP contribution in [0.3, 0.4) is 0 Å². The van der Waals surface area contributed by atoms with E-state index < -0.39 is 10.8 Å². The van der Waals surface area contributed by atoms with E-state index in [1.807, 2.05) is 6.07 Å². The van der Waals surface area contributed by atoms with Crippen molar-refractivity contribution in [1.82, 2.24) is 0 Å². The summed E-state index contributed by atoms with van der Waals surface area (Å²) in [6, 6.07) is 21.0. The van der Waals surface area contributed by atoms with E-state index in [0.29, 0.717) is 0 Å². The monoisotopic (exact) mass is 318 g/mol. The summed E-state index contributed by atoms with van der Waals surface area (Å²) in [5, 5.41) is 2.38.